The highest BCUT2D eigenvalue weighted by atomic mass is 32.2. The van der Waals surface area contributed by atoms with Crippen LogP contribution in [0.4, 0.5) is 10.5 Å². The Morgan fingerprint density at radius 3 is 2.57 bits per heavy atom. The van der Waals surface area contributed by atoms with E-state index in [1.807, 2.05) is 0 Å². The molecule has 1 aromatic rings. The van der Waals surface area contributed by atoms with Gasteiger partial charge in [-0.25, -0.2) is 13.2 Å². The summed E-state index contributed by atoms with van der Waals surface area (Å²) in [7, 11) is -3.33. The molecule has 0 aromatic heterocycles. The van der Waals surface area contributed by atoms with Gasteiger partial charge in [0.1, 0.15) is 0 Å². The average molecular weight is 409 g/mol. The molecule has 2 fully saturated rings. The fraction of sp³-hybridized carbons (Fsp3) is 0.667. The number of ether oxygens (including phenoxy) is 1. The summed E-state index contributed by atoms with van der Waals surface area (Å²) < 4.78 is 31.3. The number of carbonyl (C=O) groups excluding carboxylic acids is 1. The molecule has 2 aliphatic rings. The van der Waals surface area contributed by atoms with E-state index in [0.717, 1.165) is 32.1 Å². The Morgan fingerprint density at radius 1 is 1.11 bits per heavy atom. The molecule has 0 spiro atoms. The molecule has 0 heterocycles. The summed E-state index contributed by atoms with van der Waals surface area (Å²) in [6, 6.07) is 6.18. The minimum atomic E-state index is -3.33. The lowest BCUT2D eigenvalue weighted by atomic mass is 9.88. The Balaban J connectivity index is 1.46. The smallest absolute Gasteiger partial charge is 0.319 e. The number of urea groups is 1. The topological polar surface area (TPSA) is 84.5 Å². The van der Waals surface area contributed by atoms with Crippen LogP contribution in [0.3, 0.4) is 0 Å². The Kier molecular flexibility index (Phi) is 7.35. The highest BCUT2D eigenvalue weighted by Crippen LogP contribution is 2.30. The Morgan fingerprint density at radius 2 is 1.82 bits per heavy atom. The molecule has 28 heavy (non-hydrogen) atoms. The predicted molar refractivity (Wildman–Crippen MR) is 110 cm³/mol. The number of carbonyl (C=O) groups is 1. The van der Waals surface area contributed by atoms with E-state index >= 15 is 0 Å². The zero-order valence-electron chi connectivity index (χ0n) is 16.7. The molecule has 7 heteroatoms. The van der Waals surface area contributed by atoms with Crippen LogP contribution in [-0.4, -0.2) is 39.0 Å². The Labute approximate surface area is 168 Å². The van der Waals surface area contributed by atoms with Gasteiger partial charge in [-0.05, 0) is 49.8 Å². The van der Waals surface area contributed by atoms with Gasteiger partial charge < -0.3 is 15.4 Å². The lowest BCUT2D eigenvalue weighted by Gasteiger charge is -2.28. The SMILES string of the molecule is CC1CCCCC1OCCNC(=O)Nc1cccc(S(=O)(=O)C2CCCC2)c1. The maximum Gasteiger partial charge on any atom is 0.319 e. The lowest BCUT2D eigenvalue weighted by Crippen LogP contribution is -2.34. The van der Waals surface area contributed by atoms with E-state index in [1.165, 1.54) is 19.3 Å². The van der Waals surface area contributed by atoms with Crippen LogP contribution in [0.25, 0.3) is 0 Å². The highest BCUT2D eigenvalue weighted by Gasteiger charge is 2.30. The maximum atomic E-state index is 12.7. The van der Waals surface area contributed by atoms with Gasteiger partial charge in [0.05, 0.1) is 22.9 Å². The summed E-state index contributed by atoms with van der Waals surface area (Å²) >= 11 is 0. The van der Waals surface area contributed by atoms with Gasteiger partial charge in [0.15, 0.2) is 9.84 Å². The molecule has 2 N–H and O–H groups in total. The first-order chi connectivity index (χ1) is 13.5. The van der Waals surface area contributed by atoms with E-state index in [2.05, 4.69) is 17.6 Å². The van der Waals surface area contributed by atoms with Crippen LogP contribution in [0.2, 0.25) is 0 Å². The van der Waals surface area contributed by atoms with E-state index in [9.17, 15) is 13.2 Å². The molecule has 0 bridgehead atoms. The maximum absolute atomic E-state index is 12.7. The summed E-state index contributed by atoms with van der Waals surface area (Å²) in [4.78, 5) is 12.4. The quantitative estimate of drug-likeness (QED) is 0.665. The molecule has 6 nitrogen and oxygen atoms in total. The van der Waals surface area contributed by atoms with Crippen LogP contribution in [0.15, 0.2) is 29.2 Å². The van der Waals surface area contributed by atoms with Gasteiger partial charge in [-0.2, -0.15) is 0 Å². The van der Waals surface area contributed by atoms with Crippen LogP contribution >= 0.6 is 0 Å². The predicted octanol–water partition coefficient (Wildman–Crippen LogP) is 4.12. The van der Waals surface area contributed by atoms with Crippen molar-refractivity contribution in [1.29, 1.82) is 0 Å². The van der Waals surface area contributed by atoms with Gasteiger partial charge in [0.2, 0.25) is 0 Å². The zero-order valence-corrected chi connectivity index (χ0v) is 17.5. The second-order valence-corrected chi connectivity index (χ2v) is 10.3. The largest absolute Gasteiger partial charge is 0.376 e. The molecule has 2 amide bonds. The summed E-state index contributed by atoms with van der Waals surface area (Å²) in [5, 5.41) is 5.20. The number of sulfone groups is 1. The normalized spacial score (nSPS) is 23.5. The van der Waals surface area contributed by atoms with Crippen molar-refractivity contribution in [2.45, 2.75) is 74.5 Å². The number of amides is 2. The first kappa shape index (κ1) is 21.1. The molecule has 2 atom stereocenters. The molecule has 3 rings (SSSR count). The first-order valence-electron chi connectivity index (χ1n) is 10.5. The van der Waals surface area contributed by atoms with Crippen molar-refractivity contribution >= 4 is 21.6 Å². The van der Waals surface area contributed by atoms with Crippen molar-refractivity contribution in [2.75, 3.05) is 18.5 Å². The molecule has 1 aromatic carbocycles. The molecule has 0 saturated heterocycles. The average Bonchev–Trinajstić information content (AvgIpc) is 3.22. The van der Waals surface area contributed by atoms with Crippen LogP contribution in [-0.2, 0) is 14.6 Å². The third kappa shape index (κ3) is 5.47. The molecular formula is C21H32N2O4S. The van der Waals surface area contributed by atoms with Crippen molar-refractivity contribution in [3.8, 4) is 0 Å². The van der Waals surface area contributed by atoms with Crippen LogP contribution in [0.5, 0.6) is 0 Å². The molecule has 2 saturated carbocycles. The Bertz CT molecular complexity index is 759. The van der Waals surface area contributed by atoms with Crippen molar-refractivity contribution < 1.29 is 17.9 Å². The molecule has 0 radical (unpaired) electrons. The summed E-state index contributed by atoms with van der Waals surface area (Å²) in [6.07, 6.45) is 8.45. The molecule has 0 aliphatic heterocycles. The fourth-order valence-electron chi connectivity index (χ4n) is 4.22. The van der Waals surface area contributed by atoms with E-state index in [1.54, 1.807) is 24.3 Å². The van der Waals surface area contributed by atoms with Gasteiger partial charge in [-0.1, -0.05) is 38.7 Å². The second-order valence-electron chi connectivity index (χ2n) is 8.03. The fourth-order valence-corrected chi connectivity index (χ4v) is 6.12. The number of hydrogen-bond acceptors (Lipinski definition) is 4. The number of anilines is 1. The number of benzene rings is 1. The summed E-state index contributed by atoms with van der Waals surface area (Å²) in [5.74, 6) is 0.576. The van der Waals surface area contributed by atoms with Crippen molar-refractivity contribution in [1.82, 2.24) is 5.32 Å². The highest BCUT2D eigenvalue weighted by molar-refractivity contribution is 7.92. The van der Waals surface area contributed by atoms with Crippen LogP contribution < -0.4 is 10.6 Å². The van der Waals surface area contributed by atoms with E-state index in [0.29, 0.717) is 24.8 Å². The second kappa shape index (κ2) is 9.74. The zero-order chi connectivity index (χ0) is 20.0. The van der Waals surface area contributed by atoms with Gasteiger partial charge >= 0.3 is 6.03 Å². The van der Waals surface area contributed by atoms with Crippen molar-refractivity contribution in [3.05, 3.63) is 24.3 Å². The van der Waals surface area contributed by atoms with E-state index in [4.69, 9.17) is 4.74 Å². The monoisotopic (exact) mass is 408 g/mol. The minimum absolute atomic E-state index is 0.284. The first-order valence-corrected chi connectivity index (χ1v) is 12.0. The third-order valence-corrected chi connectivity index (χ3v) is 8.17. The van der Waals surface area contributed by atoms with Gasteiger partial charge in [-0.15, -0.1) is 0 Å². The Hall–Kier alpha value is -1.60. The molecule has 2 aliphatic carbocycles. The van der Waals surface area contributed by atoms with Gasteiger partial charge in [0.25, 0.3) is 0 Å². The molecule has 156 valence electrons. The van der Waals surface area contributed by atoms with Gasteiger partial charge in [0, 0.05) is 12.2 Å². The van der Waals surface area contributed by atoms with E-state index < -0.39 is 9.84 Å². The summed E-state index contributed by atoms with van der Waals surface area (Å²) in [5.41, 5.74) is 0.485. The van der Waals surface area contributed by atoms with Crippen molar-refractivity contribution in [3.63, 3.8) is 0 Å². The van der Waals surface area contributed by atoms with E-state index in [-0.39, 0.29) is 22.3 Å². The lowest BCUT2D eigenvalue weighted by molar-refractivity contribution is -0.00232. The molecular weight excluding hydrogens is 376 g/mol. The summed E-state index contributed by atoms with van der Waals surface area (Å²) in [6.45, 7) is 3.13. The van der Waals surface area contributed by atoms with Crippen molar-refractivity contribution in [2.24, 2.45) is 5.92 Å². The minimum Gasteiger partial charge on any atom is -0.376 e. The molecule has 2 unspecified atom stereocenters. The number of nitrogens with one attached hydrogen (secondary N) is 2. The number of rotatable bonds is 7. The number of hydrogen-bond donors (Lipinski definition) is 2. The standard InChI is InChI=1S/C21H32N2O4S/c1-16-7-2-5-12-20(16)27-14-13-22-21(24)23-17-8-6-11-19(15-17)28(25,26)18-9-3-4-10-18/h6,8,11,15-16,18,20H,2-5,7,9-10,12-14H2,1H3,(H2,22,23,24). The van der Waals surface area contributed by atoms with Crippen LogP contribution in [0.1, 0.15) is 58.3 Å². The van der Waals surface area contributed by atoms with Crippen LogP contribution in [0, 0.1) is 5.92 Å². The third-order valence-electron chi connectivity index (χ3n) is 5.91. The van der Waals surface area contributed by atoms with Gasteiger partial charge in [-0.3, -0.25) is 0 Å².